The quantitative estimate of drug-likeness (QED) is 0.286. The number of carbonyl (C=O) groups excluding carboxylic acids is 1. The average Bonchev–Trinajstić information content (AvgIpc) is 2.41. The minimum Gasteiger partial charge on any atom is -0.466 e. The van der Waals surface area contributed by atoms with Crippen LogP contribution in [-0.4, -0.2) is 86.1 Å². The molecule has 1 aliphatic heterocycles. The van der Waals surface area contributed by atoms with Gasteiger partial charge in [0.1, 0.15) is 36.4 Å². The van der Waals surface area contributed by atoms with Crippen LogP contribution in [0.25, 0.3) is 0 Å². The summed E-state index contributed by atoms with van der Waals surface area (Å²) in [5, 5.41) is 58.0. The van der Waals surface area contributed by atoms with Crippen molar-refractivity contribution in [3.05, 3.63) is 0 Å². The van der Waals surface area contributed by atoms with Crippen LogP contribution in [0, 0.1) is 5.92 Å². The molecule has 7 atom stereocenters. The smallest absolute Gasteiger partial charge is 0.317 e. The van der Waals surface area contributed by atoms with Gasteiger partial charge in [-0.1, -0.05) is 0 Å². The number of carbonyl (C=O) groups is 1. The highest BCUT2D eigenvalue weighted by Crippen LogP contribution is 2.35. The average molecular weight is 310 g/mol. The zero-order chi connectivity index (χ0) is 16.4. The van der Waals surface area contributed by atoms with Gasteiger partial charge in [0.15, 0.2) is 5.79 Å². The number of aliphatic hydroxyl groups excluding tert-OH is 5. The zero-order valence-corrected chi connectivity index (χ0v) is 11.8. The lowest BCUT2D eigenvalue weighted by atomic mass is 9.82. The van der Waals surface area contributed by atoms with Crippen LogP contribution in [-0.2, 0) is 14.3 Å². The number of ether oxygens (including phenoxy) is 2. The van der Waals surface area contributed by atoms with Gasteiger partial charge in [0.05, 0.1) is 13.2 Å². The molecule has 124 valence electrons. The number of aliphatic hydroxyl groups is 6. The Labute approximate surface area is 121 Å². The highest BCUT2D eigenvalue weighted by Gasteiger charge is 2.56. The molecule has 9 heteroatoms. The molecule has 1 heterocycles. The fourth-order valence-corrected chi connectivity index (χ4v) is 2.32. The summed E-state index contributed by atoms with van der Waals surface area (Å²) in [6.07, 6.45) is -8.56. The molecule has 0 bridgehead atoms. The molecule has 0 aromatic rings. The fraction of sp³-hybridized carbons (Fsp3) is 0.917. The lowest BCUT2D eigenvalue weighted by Crippen LogP contribution is -2.66. The zero-order valence-electron chi connectivity index (χ0n) is 11.8. The van der Waals surface area contributed by atoms with E-state index in [1.165, 1.54) is 6.92 Å². The number of hydrogen-bond donors (Lipinski definition) is 6. The second kappa shape index (κ2) is 6.97. The topological polar surface area (TPSA) is 157 Å². The third-order valence-electron chi connectivity index (χ3n) is 3.44. The second-order valence-electron chi connectivity index (χ2n) is 5.09. The highest BCUT2D eigenvalue weighted by atomic mass is 16.7. The van der Waals surface area contributed by atoms with Crippen LogP contribution in [0.3, 0.4) is 0 Å². The molecule has 0 amide bonds. The fourth-order valence-electron chi connectivity index (χ4n) is 2.32. The summed E-state index contributed by atoms with van der Waals surface area (Å²) < 4.78 is 9.74. The van der Waals surface area contributed by atoms with Gasteiger partial charge in [0.25, 0.3) is 0 Å². The third-order valence-corrected chi connectivity index (χ3v) is 3.44. The summed E-state index contributed by atoms with van der Waals surface area (Å²) in [4.78, 5) is 11.8. The molecule has 0 aromatic carbocycles. The van der Waals surface area contributed by atoms with E-state index in [9.17, 15) is 30.3 Å². The minimum absolute atomic E-state index is 0.00348. The number of esters is 1. The summed E-state index contributed by atoms with van der Waals surface area (Å²) in [7, 11) is 0. The van der Waals surface area contributed by atoms with Crippen molar-refractivity contribution in [3.8, 4) is 0 Å². The first kappa shape index (κ1) is 18.2. The number of hydrogen-bond acceptors (Lipinski definition) is 9. The van der Waals surface area contributed by atoms with Gasteiger partial charge < -0.3 is 40.1 Å². The number of rotatable bonds is 5. The molecule has 6 N–H and O–H groups in total. The maximum atomic E-state index is 11.8. The van der Waals surface area contributed by atoms with Gasteiger partial charge in [0.2, 0.25) is 0 Å². The monoisotopic (exact) mass is 310 g/mol. The van der Waals surface area contributed by atoms with Crippen LogP contribution < -0.4 is 0 Å². The van der Waals surface area contributed by atoms with Crippen molar-refractivity contribution in [1.82, 2.24) is 0 Å². The normalized spacial score (nSPS) is 39.6. The summed E-state index contributed by atoms with van der Waals surface area (Å²) in [6, 6.07) is 0. The van der Waals surface area contributed by atoms with E-state index in [2.05, 4.69) is 0 Å². The minimum atomic E-state index is -2.23. The lowest BCUT2D eigenvalue weighted by Gasteiger charge is -2.46. The Bertz CT molecular complexity index is 359. The molecule has 9 nitrogen and oxygen atoms in total. The first-order valence-corrected chi connectivity index (χ1v) is 6.57. The lowest BCUT2D eigenvalue weighted by molar-refractivity contribution is -0.336. The van der Waals surface area contributed by atoms with E-state index < -0.39 is 54.8 Å². The molecule has 0 saturated carbocycles. The third kappa shape index (κ3) is 3.69. The van der Waals surface area contributed by atoms with Gasteiger partial charge in [-0.2, -0.15) is 0 Å². The summed E-state index contributed by atoms with van der Waals surface area (Å²) in [6.45, 7) is 1.79. The molecule has 1 rings (SSSR count). The predicted molar refractivity (Wildman–Crippen MR) is 66.7 cm³/mol. The van der Waals surface area contributed by atoms with Crippen LogP contribution in [0.2, 0.25) is 0 Å². The van der Waals surface area contributed by atoms with E-state index in [0.29, 0.717) is 0 Å². The maximum Gasteiger partial charge on any atom is 0.317 e. The Morgan fingerprint density at radius 2 is 1.90 bits per heavy atom. The molecule has 21 heavy (non-hydrogen) atoms. The van der Waals surface area contributed by atoms with Gasteiger partial charge in [-0.25, -0.2) is 0 Å². The summed E-state index contributed by atoms with van der Waals surface area (Å²) in [5.41, 5.74) is 0. The largest absolute Gasteiger partial charge is 0.466 e. The molecule has 1 aliphatic rings. The van der Waals surface area contributed by atoms with Crippen LogP contribution >= 0.6 is 0 Å². The molecule has 1 saturated heterocycles. The molecule has 0 unspecified atom stereocenters. The van der Waals surface area contributed by atoms with Gasteiger partial charge in [-0.3, -0.25) is 4.79 Å². The standard InChI is InChI=1S/C12H22O9/c1-3-20-11(18)6-8(16)9(17)10(21-12(6,2)19)7(15)5(14)4-13/h5-10,13-17,19H,3-4H2,1-2H3/t5-,6-,7+,8+,9+,10+,12-/m1/s1. The van der Waals surface area contributed by atoms with Gasteiger partial charge >= 0.3 is 5.97 Å². The van der Waals surface area contributed by atoms with Crippen molar-refractivity contribution < 1.29 is 44.9 Å². The van der Waals surface area contributed by atoms with Crippen molar-refractivity contribution in [1.29, 1.82) is 0 Å². The SMILES string of the molecule is CCOC(=O)[C@H]1[C@H](O)[C@H](O)[C@H]([C@@H](O)[C@H](O)CO)O[C@@]1(C)O. The van der Waals surface area contributed by atoms with E-state index in [4.69, 9.17) is 14.6 Å². The Kier molecular flexibility index (Phi) is 6.05. The van der Waals surface area contributed by atoms with E-state index in [1.807, 2.05) is 0 Å². The Morgan fingerprint density at radius 3 is 2.38 bits per heavy atom. The highest BCUT2D eigenvalue weighted by molar-refractivity contribution is 5.74. The maximum absolute atomic E-state index is 11.8. The summed E-state index contributed by atoms with van der Waals surface area (Å²) in [5.74, 6) is -4.78. The molecule has 0 aliphatic carbocycles. The molecule has 0 radical (unpaired) electrons. The van der Waals surface area contributed by atoms with E-state index in [0.717, 1.165) is 6.92 Å². The molecule has 1 fully saturated rings. The van der Waals surface area contributed by atoms with Crippen molar-refractivity contribution in [2.75, 3.05) is 13.2 Å². The first-order valence-electron chi connectivity index (χ1n) is 6.57. The van der Waals surface area contributed by atoms with Crippen molar-refractivity contribution in [3.63, 3.8) is 0 Å². The molecule has 0 aromatic heterocycles. The second-order valence-corrected chi connectivity index (χ2v) is 5.09. The Hall–Kier alpha value is -0.810. The van der Waals surface area contributed by atoms with Crippen molar-refractivity contribution in [2.45, 2.75) is 50.2 Å². The van der Waals surface area contributed by atoms with Crippen LogP contribution in [0.5, 0.6) is 0 Å². The van der Waals surface area contributed by atoms with Gasteiger partial charge in [0, 0.05) is 0 Å². The Morgan fingerprint density at radius 1 is 1.33 bits per heavy atom. The predicted octanol–water partition coefficient (Wildman–Crippen LogP) is -3.29. The van der Waals surface area contributed by atoms with E-state index >= 15 is 0 Å². The summed E-state index contributed by atoms with van der Waals surface area (Å²) >= 11 is 0. The molecular weight excluding hydrogens is 288 g/mol. The van der Waals surface area contributed by atoms with Crippen molar-refractivity contribution >= 4 is 5.97 Å². The van der Waals surface area contributed by atoms with E-state index in [-0.39, 0.29) is 6.61 Å². The Balaban J connectivity index is 2.98. The van der Waals surface area contributed by atoms with Crippen molar-refractivity contribution in [2.24, 2.45) is 5.92 Å². The van der Waals surface area contributed by atoms with Crippen LogP contribution in [0.15, 0.2) is 0 Å². The van der Waals surface area contributed by atoms with Gasteiger partial charge in [-0.05, 0) is 13.8 Å². The first-order chi connectivity index (χ1) is 9.67. The van der Waals surface area contributed by atoms with Crippen LogP contribution in [0.1, 0.15) is 13.8 Å². The van der Waals surface area contributed by atoms with E-state index in [1.54, 1.807) is 0 Å². The van der Waals surface area contributed by atoms with Gasteiger partial charge in [-0.15, -0.1) is 0 Å². The molecule has 0 spiro atoms. The molecular formula is C12H22O9. The van der Waals surface area contributed by atoms with Crippen LogP contribution in [0.4, 0.5) is 0 Å².